The topological polar surface area (TPSA) is 26.0 Å². The second kappa shape index (κ2) is 5.71. The minimum atomic E-state index is -0.430. The van der Waals surface area contributed by atoms with Gasteiger partial charge in [0.05, 0.1) is 5.69 Å². The fraction of sp³-hybridized carbons (Fsp3) is 0.0769. The van der Waals surface area contributed by atoms with Crippen molar-refractivity contribution in [1.82, 2.24) is 0 Å². The number of benzene rings is 2. The van der Waals surface area contributed by atoms with Gasteiger partial charge in [-0.2, -0.15) is 0 Å². The summed E-state index contributed by atoms with van der Waals surface area (Å²) in [6.45, 7) is 0. The predicted molar refractivity (Wildman–Crippen MR) is 74.5 cm³/mol. The monoisotopic (exact) mass is 329 g/mol. The van der Waals surface area contributed by atoms with Gasteiger partial charge >= 0.3 is 0 Å². The number of halogens is 3. The number of anilines is 1. The number of thioether (sulfide) groups is 1. The molecule has 0 aromatic heterocycles. The average Bonchev–Trinajstić information content (AvgIpc) is 2.29. The van der Waals surface area contributed by atoms with Crippen LogP contribution in [0.5, 0.6) is 0 Å². The van der Waals surface area contributed by atoms with Crippen molar-refractivity contribution in [3.63, 3.8) is 0 Å². The van der Waals surface area contributed by atoms with Crippen molar-refractivity contribution in [1.29, 1.82) is 0 Å². The van der Waals surface area contributed by atoms with Gasteiger partial charge in [0.2, 0.25) is 0 Å². The lowest BCUT2D eigenvalue weighted by atomic mass is 10.2. The first-order valence-electron chi connectivity index (χ1n) is 5.17. The smallest absolute Gasteiger partial charge is 0.147 e. The second-order valence-corrected chi connectivity index (χ2v) is 5.71. The van der Waals surface area contributed by atoms with Crippen LogP contribution in [0, 0.1) is 11.6 Å². The number of nitrogens with two attached hydrogens (primary N) is 1. The van der Waals surface area contributed by atoms with E-state index in [0.717, 1.165) is 10.5 Å². The highest BCUT2D eigenvalue weighted by Gasteiger charge is 2.03. The third kappa shape index (κ3) is 3.46. The summed E-state index contributed by atoms with van der Waals surface area (Å²) in [5, 5.41) is 0. The summed E-state index contributed by atoms with van der Waals surface area (Å²) in [7, 11) is 0. The number of hydrogen-bond acceptors (Lipinski definition) is 2. The van der Waals surface area contributed by atoms with Crippen molar-refractivity contribution in [2.75, 3.05) is 5.73 Å². The summed E-state index contributed by atoms with van der Waals surface area (Å²) in [6, 6.07) is 9.36. The fourth-order valence-electron chi connectivity index (χ4n) is 1.46. The average molecular weight is 330 g/mol. The molecular weight excluding hydrogens is 320 g/mol. The molecule has 0 saturated carbocycles. The van der Waals surface area contributed by atoms with Crippen LogP contribution in [0.3, 0.4) is 0 Å². The molecular formula is C13H10BrF2NS. The molecule has 2 rings (SSSR count). The highest BCUT2D eigenvalue weighted by molar-refractivity contribution is 9.10. The molecule has 18 heavy (non-hydrogen) atoms. The molecule has 2 N–H and O–H groups in total. The van der Waals surface area contributed by atoms with Crippen molar-refractivity contribution in [2.24, 2.45) is 0 Å². The summed E-state index contributed by atoms with van der Waals surface area (Å²) in [6.07, 6.45) is 0. The van der Waals surface area contributed by atoms with Gasteiger partial charge in [-0.25, -0.2) is 8.78 Å². The van der Waals surface area contributed by atoms with Crippen LogP contribution in [-0.4, -0.2) is 0 Å². The van der Waals surface area contributed by atoms with Gasteiger partial charge in [0.1, 0.15) is 11.6 Å². The zero-order valence-corrected chi connectivity index (χ0v) is 11.7. The minimum absolute atomic E-state index is 0.132. The molecule has 0 amide bonds. The molecule has 0 aliphatic heterocycles. The Kier molecular flexibility index (Phi) is 4.24. The Morgan fingerprint density at radius 3 is 2.56 bits per heavy atom. The van der Waals surface area contributed by atoms with Crippen LogP contribution >= 0.6 is 27.7 Å². The molecule has 94 valence electrons. The normalized spacial score (nSPS) is 10.6. The first-order valence-corrected chi connectivity index (χ1v) is 6.95. The van der Waals surface area contributed by atoms with E-state index in [1.165, 1.54) is 36.0 Å². The lowest BCUT2D eigenvalue weighted by Gasteiger charge is -2.04. The van der Waals surface area contributed by atoms with Crippen LogP contribution in [0.4, 0.5) is 14.5 Å². The molecule has 2 aromatic carbocycles. The van der Waals surface area contributed by atoms with Crippen LogP contribution < -0.4 is 5.73 Å². The highest BCUT2D eigenvalue weighted by atomic mass is 79.9. The zero-order chi connectivity index (χ0) is 13.1. The predicted octanol–water partition coefficient (Wildman–Crippen LogP) is 4.60. The van der Waals surface area contributed by atoms with Gasteiger partial charge in [0, 0.05) is 15.1 Å². The molecule has 0 bridgehead atoms. The van der Waals surface area contributed by atoms with Crippen LogP contribution in [0.25, 0.3) is 0 Å². The molecule has 0 atom stereocenters. The van der Waals surface area contributed by atoms with Crippen LogP contribution in [-0.2, 0) is 5.75 Å². The Morgan fingerprint density at radius 1 is 1.11 bits per heavy atom. The Hall–Kier alpha value is -1.07. The lowest BCUT2D eigenvalue weighted by molar-refractivity contribution is 0.625. The van der Waals surface area contributed by atoms with Gasteiger partial charge in [-0.1, -0.05) is 15.9 Å². The summed E-state index contributed by atoms with van der Waals surface area (Å²) < 4.78 is 27.1. The second-order valence-electron chi connectivity index (χ2n) is 3.75. The van der Waals surface area contributed by atoms with Gasteiger partial charge in [-0.05, 0) is 42.0 Å². The quantitative estimate of drug-likeness (QED) is 0.657. The van der Waals surface area contributed by atoms with E-state index in [1.807, 2.05) is 6.07 Å². The van der Waals surface area contributed by atoms with E-state index in [-0.39, 0.29) is 11.5 Å². The summed E-state index contributed by atoms with van der Waals surface area (Å²) >= 11 is 4.67. The lowest BCUT2D eigenvalue weighted by Crippen LogP contribution is -1.90. The molecule has 0 saturated heterocycles. The first kappa shape index (κ1) is 13.4. The number of rotatable bonds is 3. The third-order valence-corrected chi connectivity index (χ3v) is 3.82. The Labute approximate surface area is 117 Å². The fourth-order valence-corrected chi connectivity index (χ4v) is 2.82. The van der Waals surface area contributed by atoms with Crippen molar-refractivity contribution in [3.8, 4) is 0 Å². The van der Waals surface area contributed by atoms with Gasteiger partial charge in [-0.3, -0.25) is 0 Å². The van der Waals surface area contributed by atoms with Gasteiger partial charge in [0.25, 0.3) is 0 Å². The van der Waals surface area contributed by atoms with E-state index in [9.17, 15) is 8.78 Å². The van der Waals surface area contributed by atoms with Gasteiger partial charge in [-0.15, -0.1) is 11.8 Å². The van der Waals surface area contributed by atoms with Gasteiger partial charge in [0.15, 0.2) is 0 Å². The largest absolute Gasteiger partial charge is 0.396 e. The molecule has 0 aliphatic carbocycles. The van der Waals surface area contributed by atoms with Crippen LogP contribution in [0.2, 0.25) is 0 Å². The molecule has 0 aliphatic rings. The van der Waals surface area contributed by atoms with E-state index >= 15 is 0 Å². The third-order valence-electron chi connectivity index (χ3n) is 2.30. The molecule has 0 fully saturated rings. The highest BCUT2D eigenvalue weighted by Crippen LogP contribution is 2.26. The minimum Gasteiger partial charge on any atom is -0.396 e. The maximum absolute atomic E-state index is 13.2. The van der Waals surface area contributed by atoms with Gasteiger partial charge < -0.3 is 5.73 Å². The van der Waals surface area contributed by atoms with E-state index in [1.54, 1.807) is 6.07 Å². The Bertz CT molecular complexity index is 555. The van der Waals surface area contributed by atoms with Crippen molar-refractivity contribution in [2.45, 2.75) is 10.6 Å². The maximum atomic E-state index is 13.2. The van der Waals surface area contributed by atoms with Crippen LogP contribution in [0.1, 0.15) is 5.56 Å². The molecule has 1 nitrogen and oxygen atoms in total. The SMILES string of the molecule is Nc1ccc(SCc2cc(F)cc(Br)c2)cc1F. The summed E-state index contributed by atoms with van der Waals surface area (Å²) in [4.78, 5) is 0.766. The summed E-state index contributed by atoms with van der Waals surface area (Å²) in [5.41, 5.74) is 6.37. The molecule has 0 spiro atoms. The number of nitrogen functional groups attached to an aromatic ring is 1. The standard InChI is InChI=1S/C13H10BrF2NS/c14-9-3-8(4-10(15)5-9)7-18-11-1-2-13(17)12(16)6-11/h1-6H,7,17H2. The van der Waals surface area contributed by atoms with E-state index in [0.29, 0.717) is 10.2 Å². The van der Waals surface area contributed by atoms with Crippen molar-refractivity contribution < 1.29 is 8.78 Å². The van der Waals surface area contributed by atoms with E-state index in [2.05, 4.69) is 15.9 Å². The molecule has 5 heteroatoms. The first-order chi connectivity index (χ1) is 8.54. The van der Waals surface area contributed by atoms with E-state index in [4.69, 9.17) is 5.73 Å². The molecule has 0 unspecified atom stereocenters. The van der Waals surface area contributed by atoms with Crippen molar-refractivity contribution >= 4 is 33.4 Å². The maximum Gasteiger partial charge on any atom is 0.147 e. The van der Waals surface area contributed by atoms with Crippen molar-refractivity contribution in [3.05, 3.63) is 58.1 Å². The molecule has 0 heterocycles. The molecule has 0 radical (unpaired) electrons. The Morgan fingerprint density at radius 2 is 1.89 bits per heavy atom. The summed E-state index contributed by atoms with van der Waals surface area (Å²) in [5.74, 6) is -0.149. The number of hydrogen-bond donors (Lipinski definition) is 1. The van der Waals surface area contributed by atoms with E-state index < -0.39 is 5.82 Å². The zero-order valence-electron chi connectivity index (χ0n) is 9.29. The Balaban J connectivity index is 2.08. The molecule has 2 aromatic rings. The van der Waals surface area contributed by atoms with Crippen LogP contribution in [0.15, 0.2) is 45.8 Å².